The number of carbonyl (C=O) groups excluding carboxylic acids is 1. The first-order valence-corrected chi connectivity index (χ1v) is 4.31. The van der Waals surface area contributed by atoms with Crippen LogP contribution < -0.4 is 5.32 Å². The average molecular weight is 231 g/mol. The van der Waals surface area contributed by atoms with Gasteiger partial charge in [0.15, 0.2) is 5.71 Å². The second-order valence-electron chi connectivity index (χ2n) is 2.73. The molecule has 90 valence electrons. The van der Waals surface area contributed by atoms with E-state index < -0.39 is 16.9 Å². The number of nitro groups is 1. The molecule has 1 amide bonds. The minimum Gasteiger partial charge on any atom is -0.410 e. The number of carbonyl (C=O) groups is 1. The van der Waals surface area contributed by atoms with Gasteiger partial charge in [0.25, 0.3) is 11.9 Å². The second kappa shape index (κ2) is 7.35. The van der Waals surface area contributed by atoms with Gasteiger partial charge in [-0.25, -0.2) is 0 Å². The molecule has 0 heterocycles. The number of hydrogen-bond acceptors (Lipinski definition) is 6. The number of hydrogen-bond donors (Lipinski definition) is 2. The van der Waals surface area contributed by atoms with Gasteiger partial charge in [0.1, 0.15) is 6.61 Å². The van der Waals surface area contributed by atoms with Crippen LogP contribution >= 0.6 is 0 Å². The van der Waals surface area contributed by atoms with Crippen LogP contribution in [0.1, 0.15) is 0 Å². The van der Waals surface area contributed by atoms with Crippen molar-refractivity contribution in [1.82, 2.24) is 5.32 Å². The lowest BCUT2D eigenvalue weighted by Crippen LogP contribution is -2.27. The highest BCUT2D eigenvalue weighted by Gasteiger charge is 2.16. The van der Waals surface area contributed by atoms with Gasteiger partial charge in [-0.05, 0) is 12.2 Å². The average Bonchev–Trinajstić information content (AvgIpc) is 2.27. The van der Waals surface area contributed by atoms with Crippen molar-refractivity contribution < 1.29 is 19.7 Å². The minimum absolute atomic E-state index is 0.129. The van der Waals surface area contributed by atoms with Crippen molar-refractivity contribution in [2.24, 2.45) is 5.16 Å². The molecule has 1 unspecified atom stereocenters. The van der Waals surface area contributed by atoms with E-state index in [2.05, 4.69) is 15.2 Å². The first kappa shape index (κ1) is 14.0. The molecule has 0 aliphatic heterocycles. The molecule has 0 radical (unpaired) electrons. The zero-order valence-corrected chi connectivity index (χ0v) is 8.91. The normalized spacial score (nSPS) is 13.8. The van der Waals surface area contributed by atoms with Gasteiger partial charge in [-0.3, -0.25) is 14.9 Å². The van der Waals surface area contributed by atoms with Crippen LogP contribution in [0.5, 0.6) is 0 Å². The van der Waals surface area contributed by atoms with Gasteiger partial charge in [-0.15, -0.1) is 0 Å². The Labute approximate surface area is 91.7 Å². The van der Waals surface area contributed by atoms with Crippen molar-refractivity contribution in [1.29, 1.82) is 0 Å². The van der Waals surface area contributed by atoms with E-state index in [-0.39, 0.29) is 12.3 Å². The summed E-state index contributed by atoms with van der Waals surface area (Å²) in [7, 11) is 2.67. The molecule has 8 nitrogen and oxygen atoms in total. The van der Waals surface area contributed by atoms with Crippen LogP contribution in [0.2, 0.25) is 0 Å². The van der Waals surface area contributed by atoms with E-state index in [9.17, 15) is 14.9 Å². The lowest BCUT2D eigenvalue weighted by atomic mass is 10.2. The van der Waals surface area contributed by atoms with Crippen LogP contribution in [0.15, 0.2) is 17.3 Å². The minimum atomic E-state index is -1.09. The summed E-state index contributed by atoms with van der Waals surface area (Å²) in [6.45, 7) is -0.129. The van der Waals surface area contributed by atoms with Crippen molar-refractivity contribution in [2.75, 3.05) is 20.8 Å². The first-order chi connectivity index (χ1) is 7.56. The van der Waals surface area contributed by atoms with Gasteiger partial charge in [0.2, 0.25) is 0 Å². The fourth-order valence-electron chi connectivity index (χ4n) is 0.842. The number of oxime groups is 1. The summed E-state index contributed by atoms with van der Waals surface area (Å²) >= 11 is 0. The summed E-state index contributed by atoms with van der Waals surface area (Å²) in [6.07, 6.45) is 2.18. The predicted octanol–water partition coefficient (Wildman–Crippen LogP) is -0.589. The van der Waals surface area contributed by atoms with Crippen LogP contribution in [0.25, 0.3) is 0 Å². The second-order valence-corrected chi connectivity index (χ2v) is 2.73. The van der Waals surface area contributed by atoms with Crippen molar-refractivity contribution in [3.8, 4) is 0 Å². The largest absolute Gasteiger partial charge is 0.410 e. The summed E-state index contributed by atoms with van der Waals surface area (Å²) in [4.78, 5) is 21.0. The third-order valence-electron chi connectivity index (χ3n) is 1.65. The number of nitrogens with zero attached hydrogens (tertiary/aromatic N) is 2. The zero-order chi connectivity index (χ0) is 12.6. The summed E-state index contributed by atoms with van der Waals surface area (Å²) < 4.78 is 4.62. The van der Waals surface area contributed by atoms with Crippen molar-refractivity contribution in [3.63, 3.8) is 0 Å². The Morgan fingerprint density at radius 1 is 1.75 bits per heavy atom. The fraction of sp³-hybridized carbons (Fsp3) is 0.500. The maximum atomic E-state index is 11.0. The Morgan fingerprint density at radius 2 is 2.38 bits per heavy atom. The highest BCUT2D eigenvalue weighted by Crippen LogP contribution is 1.95. The highest BCUT2D eigenvalue weighted by molar-refractivity contribution is 6.43. The summed E-state index contributed by atoms with van der Waals surface area (Å²) in [5.41, 5.74) is -0.314. The molecule has 8 heteroatoms. The molecule has 16 heavy (non-hydrogen) atoms. The fourth-order valence-corrected chi connectivity index (χ4v) is 0.842. The molecule has 2 N–H and O–H groups in total. The SMILES string of the molecule is CNC(=O)C(/C=C/C(COC)[N+](=O)[O-])=N/O. The molecular weight excluding hydrogens is 218 g/mol. The van der Waals surface area contributed by atoms with Crippen LogP contribution in [-0.4, -0.2) is 48.6 Å². The Bertz CT molecular complexity index is 313. The lowest BCUT2D eigenvalue weighted by Gasteiger charge is -2.02. The van der Waals surface area contributed by atoms with Gasteiger partial charge in [-0.1, -0.05) is 5.16 Å². The molecule has 0 aromatic heterocycles. The quantitative estimate of drug-likeness (QED) is 0.274. The third-order valence-corrected chi connectivity index (χ3v) is 1.65. The molecule has 0 saturated carbocycles. The van der Waals surface area contributed by atoms with Crippen molar-refractivity contribution in [3.05, 3.63) is 22.3 Å². The highest BCUT2D eigenvalue weighted by atomic mass is 16.6. The third kappa shape index (κ3) is 4.51. The van der Waals surface area contributed by atoms with E-state index >= 15 is 0 Å². The molecule has 0 aromatic carbocycles. The zero-order valence-electron chi connectivity index (χ0n) is 8.91. The Morgan fingerprint density at radius 3 is 2.75 bits per heavy atom. The standard InChI is InChI=1S/C8H13N3O5/c1-9-8(12)7(10-13)4-3-6(5-16-2)11(14)15/h3-4,6,13H,5H2,1-2H3,(H,9,12)/b4-3+,10-7+. The van der Waals surface area contributed by atoms with E-state index in [1.54, 1.807) is 0 Å². The molecule has 0 rings (SSSR count). The van der Waals surface area contributed by atoms with Crippen LogP contribution in [0.3, 0.4) is 0 Å². The topological polar surface area (TPSA) is 114 Å². The van der Waals surface area contributed by atoms with Gasteiger partial charge < -0.3 is 15.3 Å². The number of rotatable bonds is 6. The van der Waals surface area contributed by atoms with Gasteiger partial charge in [-0.2, -0.15) is 0 Å². The van der Waals surface area contributed by atoms with Crippen molar-refractivity contribution in [2.45, 2.75) is 6.04 Å². The van der Waals surface area contributed by atoms with E-state index in [1.807, 2.05) is 0 Å². The Balaban J connectivity index is 4.64. The van der Waals surface area contributed by atoms with Gasteiger partial charge in [0, 0.05) is 19.1 Å². The molecule has 0 bridgehead atoms. The molecule has 0 saturated heterocycles. The Hall–Kier alpha value is -1.96. The van der Waals surface area contributed by atoms with Crippen LogP contribution in [0, 0.1) is 10.1 Å². The summed E-state index contributed by atoms with van der Waals surface area (Å²) in [6, 6.07) is -1.09. The molecule has 1 atom stereocenters. The van der Waals surface area contributed by atoms with Gasteiger partial charge >= 0.3 is 0 Å². The summed E-state index contributed by atoms with van der Waals surface area (Å²) in [5.74, 6) is -0.640. The van der Waals surface area contributed by atoms with E-state index in [0.717, 1.165) is 12.2 Å². The Kier molecular flexibility index (Phi) is 6.45. The summed E-state index contributed by atoms with van der Waals surface area (Å²) in [5, 5.41) is 23.9. The lowest BCUT2D eigenvalue weighted by molar-refractivity contribution is -0.512. The predicted molar refractivity (Wildman–Crippen MR) is 55.1 cm³/mol. The number of amides is 1. The number of ether oxygens (including phenoxy) is 1. The molecule has 0 aliphatic carbocycles. The molecule has 0 aromatic rings. The molecular formula is C8H13N3O5. The maximum absolute atomic E-state index is 11.0. The molecule has 0 fully saturated rings. The number of methoxy groups -OCH3 is 1. The van der Waals surface area contributed by atoms with Crippen molar-refractivity contribution >= 4 is 11.6 Å². The monoisotopic (exact) mass is 231 g/mol. The van der Waals surface area contributed by atoms with E-state index in [1.165, 1.54) is 14.2 Å². The van der Waals surface area contributed by atoms with Crippen LogP contribution in [-0.2, 0) is 9.53 Å². The first-order valence-electron chi connectivity index (χ1n) is 4.31. The van der Waals surface area contributed by atoms with E-state index in [0.29, 0.717) is 0 Å². The van der Waals surface area contributed by atoms with Gasteiger partial charge in [0.05, 0.1) is 0 Å². The molecule has 0 spiro atoms. The number of nitrogens with one attached hydrogen (secondary N) is 1. The maximum Gasteiger partial charge on any atom is 0.273 e. The van der Waals surface area contributed by atoms with Crippen LogP contribution in [0.4, 0.5) is 0 Å². The van der Waals surface area contributed by atoms with E-state index in [4.69, 9.17) is 5.21 Å². The smallest absolute Gasteiger partial charge is 0.273 e. The molecule has 0 aliphatic rings.